The Bertz CT molecular complexity index is 594. The number of carbonyl (C=O) groups excluding carboxylic acids is 3. The second kappa shape index (κ2) is 10.0. The average Bonchev–Trinajstić information content (AvgIpc) is 2.98. The zero-order valence-corrected chi connectivity index (χ0v) is 14.9. The van der Waals surface area contributed by atoms with Gasteiger partial charge in [0.1, 0.15) is 0 Å². The number of hydrogen-bond donors (Lipinski definition) is 2. The molecular weight excluding hydrogens is 342 g/mol. The summed E-state index contributed by atoms with van der Waals surface area (Å²) in [6.45, 7) is 1.69. The van der Waals surface area contributed by atoms with Crippen LogP contribution in [0.2, 0.25) is 0 Å². The van der Waals surface area contributed by atoms with Gasteiger partial charge in [-0.05, 0) is 12.0 Å². The standard InChI is InChI=1S/C18H24ClN3O3/c19-8-4-7-16(23)20-9-10-21-18(25)15-11-17(24)22(13-15)12-14-5-2-1-3-6-14/h1-3,5-6,15H,4,7-13H2,(H,20,23)(H,21,25). The summed E-state index contributed by atoms with van der Waals surface area (Å²) in [4.78, 5) is 37.4. The number of hydrogen-bond acceptors (Lipinski definition) is 3. The van der Waals surface area contributed by atoms with Gasteiger partial charge in [-0.2, -0.15) is 0 Å². The molecular formula is C18H24ClN3O3. The van der Waals surface area contributed by atoms with Crippen LogP contribution in [0.5, 0.6) is 0 Å². The molecule has 3 amide bonds. The molecule has 1 aliphatic heterocycles. The van der Waals surface area contributed by atoms with Crippen LogP contribution in [0.15, 0.2) is 30.3 Å². The Balaban J connectivity index is 1.68. The van der Waals surface area contributed by atoms with E-state index in [1.807, 2.05) is 30.3 Å². The Morgan fingerprint density at radius 2 is 1.88 bits per heavy atom. The Kier molecular flexibility index (Phi) is 7.73. The lowest BCUT2D eigenvalue weighted by Gasteiger charge is -2.16. The van der Waals surface area contributed by atoms with Crippen LogP contribution in [0.4, 0.5) is 0 Å². The lowest BCUT2D eigenvalue weighted by atomic mass is 10.1. The van der Waals surface area contributed by atoms with Gasteiger partial charge in [-0.3, -0.25) is 14.4 Å². The number of carbonyl (C=O) groups is 3. The molecule has 0 aliphatic carbocycles. The third-order valence-electron chi connectivity index (χ3n) is 4.09. The van der Waals surface area contributed by atoms with Crippen LogP contribution in [0, 0.1) is 5.92 Å². The zero-order valence-electron chi connectivity index (χ0n) is 14.2. The molecule has 1 saturated heterocycles. The minimum atomic E-state index is -0.330. The second-order valence-corrected chi connectivity index (χ2v) is 6.47. The fraction of sp³-hybridized carbons (Fsp3) is 0.500. The SMILES string of the molecule is O=C(CCCCl)NCCNC(=O)C1CC(=O)N(Cc2ccccc2)C1. The molecule has 7 heteroatoms. The Hall–Kier alpha value is -2.08. The highest BCUT2D eigenvalue weighted by molar-refractivity contribution is 6.17. The van der Waals surface area contributed by atoms with Crippen LogP contribution in [-0.4, -0.2) is 48.1 Å². The molecule has 2 N–H and O–H groups in total. The summed E-state index contributed by atoms with van der Waals surface area (Å²) in [7, 11) is 0. The van der Waals surface area contributed by atoms with Crippen LogP contribution in [0.25, 0.3) is 0 Å². The van der Waals surface area contributed by atoms with Crippen LogP contribution < -0.4 is 10.6 Å². The normalized spacial score (nSPS) is 16.8. The monoisotopic (exact) mass is 365 g/mol. The third kappa shape index (κ3) is 6.38. The van der Waals surface area contributed by atoms with E-state index in [4.69, 9.17) is 11.6 Å². The van der Waals surface area contributed by atoms with E-state index < -0.39 is 0 Å². The van der Waals surface area contributed by atoms with Crippen molar-refractivity contribution in [2.24, 2.45) is 5.92 Å². The molecule has 0 radical (unpaired) electrons. The molecule has 25 heavy (non-hydrogen) atoms. The van der Waals surface area contributed by atoms with Crippen LogP contribution in [0.1, 0.15) is 24.8 Å². The number of rotatable bonds is 9. The average molecular weight is 366 g/mol. The predicted molar refractivity (Wildman–Crippen MR) is 95.9 cm³/mol. The smallest absolute Gasteiger partial charge is 0.225 e. The van der Waals surface area contributed by atoms with Gasteiger partial charge in [0, 0.05) is 44.9 Å². The van der Waals surface area contributed by atoms with Gasteiger partial charge in [0.25, 0.3) is 0 Å². The first kappa shape index (κ1) is 19.2. The molecule has 0 bridgehead atoms. The van der Waals surface area contributed by atoms with E-state index in [0.717, 1.165) is 5.56 Å². The van der Waals surface area contributed by atoms with Crippen molar-refractivity contribution in [3.05, 3.63) is 35.9 Å². The molecule has 1 heterocycles. The molecule has 1 aromatic rings. The van der Waals surface area contributed by atoms with E-state index in [1.54, 1.807) is 4.90 Å². The molecule has 1 fully saturated rings. The summed E-state index contributed by atoms with van der Waals surface area (Å²) in [5.41, 5.74) is 1.05. The molecule has 0 aromatic heterocycles. The largest absolute Gasteiger partial charge is 0.354 e. The molecule has 2 rings (SSSR count). The Labute approximate surface area is 152 Å². The Morgan fingerprint density at radius 3 is 2.60 bits per heavy atom. The van der Waals surface area contributed by atoms with Gasteiger partial charge in [0.05, 0.1) is 5.92 Å². The predicted octanol–water partition coefficient (Wildman–Crippen LogP) is 1.29. The lowest BCUT2D eigenvalue weighted by Crippen LogP contribution is -2.38. The van der Waals surface area contributed by atoms with E-state index in [9.17, 15) is 14.4 Å². The lowest BCUT2D eigenvalue weighted by molar-refractivity contribution is -0.129. The van der Waals surface area contributed by atoms with Gasteiger partial charge >= 0.3 is 0 Å². The number of alkyl halides is 1. The molecule has 0 spiro atoms. The number of amides is 3. The number of halogens is 1. The minimum absolute atomic E-state index is 0.00150. The second-order valence-electron chi connectivity index (χ2n) is 6.09. The van der Waals surface area contributed by atoms with E-state index in [-0.39, 0.29) is 30.1 Å². The highest BCUT2D eigenvalue weighted by Gasteiger charge is 2.33. The summed E-state index contributed by atoms with van der Waals surface area (Å²) in [6, 6.07) is 9.73. The number of nitrogens with zero attached hydrogens (tertiary/aromatic N) is 1. The van der Waals surface area contributed by atoms with E-state index in [0.29, 0.717) is 44.9 Å². The van der Waals surface area contributed by atoms with Crippen molar-refractivity contribution in [3.63, 3.8) is 0 Å². The number of benzene rings is 1. The van der Waals surface area contributed by atoms with Gasteiger partial charge in [0.15, 0.2) is 0 Å². The first-order valence-electron chi connectivity index (χ1n) is 8.52. The van der Waals surface area contributed by atoms with E-state index in [2.05, 4.69) is 10.6 Å². The quantitative estimate of drug-likeness (QED) is 0.511. The van der Waals surface area contributed by atoms with Crippen LogP contribution >= 0.6 is 11.6 Å². The number of likely N-dealkylation sites (tertiary alicyclic amines) is 1. The molecule has 1 aliphatic rings. The molecule has 1 atom stereocenters. The summed E-state index contributed by atoms with van der Waals surface area (Å²) in [5.74, 6) is -0.0836. The van der Waals surface area contributed by atoms with Crippen molar-refractivity contribution in [2.45, 2.75) is 25.8 Å². The Morgan fingerprint density at radius 1 is 1.16 bits per heavy atom. The third-order valence-corrected chi connectivity index (χ3v) is 4.35. The van der Waals surface area contributed by atoms with E-state index in [1.165, 1.54) is 0 Å². The maximum Gasteiger partial charge on any atom is 0.225 e. The molecule has 0 saturated carbocycles. The van der Waals surface area contributed by atoms with Crippen LogP contribution in [-0.2, 0) is 20.9 Å². The van der Waals surface area contributed by atoms with Gasteiger partial charge in [-0.25, -0.2) is 0 Å². The molecule has 6 nitrogen and oxygen atoms in total. The van der Waals surface area contributed by atoms with Gasteiger partial charge in [-0.1, -0.05) is 30.3 Å². The van der Waals surface area contributed by atoms with Gasteiger partial charge in [-0.15, -0.1) is 11.6 Å². The summed E-state index contributed by atoms with van der Waals surface area (Å²) < 4.78 is 0. The number of nitrogens with one attached hydrogen (secondary N) is 2. The van der Waals surface area contributed by atoms with Crippen molar-refractivity contribution in [1.29, 1.82) is 0 Å². The molecule has 1 unspecified atom stereocenters. The summed E-state index contributed by atoms with van der Waals surface area (Å²) in [6.07, 6.45) is 1.27. The van der Waals surface area contributed by atoms with Crippen molar-refractivity contribution >= 4 is 29.3 Å². The maximum atomic E-state index is 12.2. The fourth-order valence-electron chi connectivity index (χ4n) is 2.75. The van der Waals surface area contributed by atoms with Gasteiger partial charge in [0.2, 0.25) is 17.7 Å². The first-order valence-corrected chi connectivity index (χ1v) is 9.05. The molecule has 1 aromatic carbocycles. The maximum absolute atomic E-state index is 12.2. The highest BCUT2D eigenvalue weighted by Crippen LogP contribution is 2.20. The van der Waals surface area contributed by atoms with E-state index >= 15 is 0 Å². The van der Waals surface area contributed by atoms with Crippen molar-refractivity contribution in [2.75, 3.05) is 25.5 Å². The first-order chi connectivity index (χ1) is 12.1. The topological polar surface area (TPSA) is 78.5 Å². The molecule has 136 valence electrons. The van der Waals surface area contributed by atoms with Crippen LogP contribution in [0.3, 0.4) is 0 Å². The van der Waals surface area contributed by atoms with Gasteiger partial charge < -0.3 is 15.5 Å². The van der Waals surface area contributed by atoms with Crippen molar-refractivity contribution in [3.8, 4) is 0 Å². The van der Waals surface area contributed by atoms with Crippen molar-refractivity contribution in [1.82, 2.24) is 15.5 Å². The fourth-order valence-corrected chi connectivity index (χ4v) is 2.89. The minimum Gasteiger partial charge on any atom is -0.354 e. The zero-order chi connectivity index (χ0) is 18.1. The summed E-state index contributed by atoms with van der Waals surface area (Å²) in [5, 5.41) is 5.51. The van der Waals surface area contributed by atoms with Crippen molar-refractivity contribution < 1.29 is 14.4 Å². The summed E-state index contributed by atoms with van der Waals surface area (Å²) >= 11 is 5.53. The highest BCUT2D eigenvalue weighted by atomic mass is 35.5.